The van der Waals surface area contributed by atoms with Gasteiger partial charge in [-0.3, -0.25) is 14.9 Å². The van der Waals surface area contributed by atoms with E-state index in [1.54, 1.807) is 6.07 Å². The zero-order valence-corrected chi connectivity index (χ0v) is 21.5. The Morgan fingerprint density at radius 1 is 0.976 bits per heavy atom. The molecule has 1 aromatic heterocycles. The maximum atomic E-state index is 14.2. The highest BCUT2D eigenvalue weighted by Gasteiger charge is 2.35. The normalized spacial score (nSPS) is 11.0. The molecule has 0 radical (unpaired) electrons. The van der Waals surface area contributed by atoms with Crippen LogP contribution in [-0.2, 0) is 15.7 Å². The van der Waals surface area contributed by atoms with Crippen molar-refractivity contribution in [2.24, 2.45) is 0 Å². The Morgan fingerprint density at radius 2 is 1.71 bits per heavy atom. The molecule has 4 N–H and O–H groups in total. The number of benzene rings is 3. The third-order valence-electron chi connectivity index (χ3n) is 5.81. The summed E-state index contributed by atoms with van der Waals surface area (Å²) < 4.78 is 52.2. The number of halogens is 3. The van der Waals surface area contributed by atoms with Crippen molar-refractivity contribution >= 4 is 51.9 Å². The highest BCUT2D eigenvalue weighted by molar-refractivity contribution is 6.14. The smallest absolute Gasteiger partial charge is 0.417 e. The lowest BCUT2D eigenvalue weighted by Crippen LogP contribution is -2.16. The van der Waals surface area contributed by atoms with Crippen molar-refractivity contribution in [1.29, 1.82) is 5.26 Å². The molecule has 15 heteroatoms. The Kier molecular flexibility index (Phi) is 7.82. The van der Waals surface area contributed by atoms with Crippen LogP contribution in [0.5, 0.6) is 0 Å². The minimum absolute atomic E-state index is 0.0284. The number of nitrogens with one attached hydrogen (secondary N) is 3. The van der Waals surface area contributed by atoms with Crippen molar-refractivity contribution in [1.82, 2.24) is 5.16 Å². The van der Waals surface area contributed by atoms with Gasteiger partial charge < -0.3 is 25.0 Å². The maximum absolute atomic E-state index is 14.2. The number of hydrogen-bond acceptors (Lipinski definition) is 8. The van der Waals surface area contributed by atoms with Crippen LogP contribution in [0.3, 0.4) is 0 Å². The van der Waals surface area contributed by atoms with E-state index in [-0.39, 0.29) is 44.7 Å². The van der Waals surface area contributed by atoms with E-state index in [1.165, 1.54) is 24.3 Å². The number of carbonyl (C=O) groups is 4. The monoisotopic (exact) mass is 581 g/mol. The number of aromatic carboxylic acids is 1. The third-order valence-corrected chi connectivity index (χ3v) is 5.81. The molecule has 1 heterocycles. The number of anilines is 3. The van der Waals surface area contributed by atoms with E-state index in [1.807, 2.05) is 0 Å². The van der Waals surface area contributed by atoms with Crippen LogP contribution in [0.15, 0.2) is 53.1 Å². The van der Waals surface area contributed by atoms with Crippen LogP contribution in [0.4, 0.5) is 35.0 Å². The summed E-state index contributed by atoms with van der Waals surface area (Å²) in [5.74, 6) is -3.01. The van der Waals surface area contributed by atoms with E-state index < -0.39 is 46.9 Å². The number of alkyl halides is 3. The summed E-state index contributed by atoms with van der Waals surface area (Å²) >= 11 is 0. The standard InChI is InChI=1S/C27H18F3N5O7/c1-12(36)32-21-10-22-18(9-16(21)15-5-4-14(33-26(40)41-2)8-19(15)27(28,29)30)23(35-42-22)24(37)34-20-6-3-13(11-31)7-17(20)25(38)39/h3-10H,1-2H3,(H,32,36)(H,33,40)(H,34,37)(H,38,39). The highest BCUT2D eigenvalue weighted by Crippen LogP contribution is 2.43. The molecule has 0 fully saturated rings. The maximum Gasteiger partial charge on any atom is 0.417 e. The molecular weight excluding hydrogens is 563 g/mol. The Labute approximate surface area is 233 Å². The number of rotatable bonds is 6. The molecule has 0 aliphatic heterocycles. The summed E-state index contributed by atoms with van der Waals surface area (Å²) in [6.45, 7) is 1.14. The predicted octanol–water partition coefficient (Wildman–Crippen LogP) is 5.47. The largest absolute Gasteiger partial charge is 0.478 e. The van der Waals surface area contributed by atoms with Gasteiger partial charge in [0.2, 0.25) is 5.91 Å². The Bertz CT molecular complexity index is 1810. The lowest BCUT2D eigenvalue weighted by atomic mass is 9.95. The molecule has 0 saturated carbocycles. The molecule has 0 unspecified atom stereocenters. The topological polar surface area (TPSA) is 184 Å². The van der Waals surface area contributed by atoms with Crippen LogP contribution in [0.1, 0.15) is 38.9 Å². The number of nitriles is 1. The number of carboxylic acids is 1. The predicted molar refractivity (Wildman–Crippen MR) is 141 cm³/mol. The second-order valence-electron chi connectivity index (χ2n) is 8.61. The van der Waals surface area contributed by atoms with Crippen molar-refractivity contribution in [2.75, 3.05) is 23.1 Å². The summed E-state index contributed by atoms with van der Waals surface area (Å²) in [5, 5.41) is 29.1. The molecule has 4 aromatic rings. The van der Waals surface area contributed by atoms with Crippen LogP contribution < -0.4 is 16.0 Å². The minimum Gasteiger partial charge on any atom is -0.478 e. The summed E-state index contributed by atoms with van der Waals surface area (Å²) in [6.07, 6.45) is -5.92. The molecule has 0 aliphatic rings. The van der Waals surface area contributed by atoms with E-state index in [0.717, 1.165) is 32.2 Å². The lowest BCUT2D eigenvalue weighted by molar-refractivity contribution is -0.137. The van der Waals surface area contributed by atoms with Gasteiger partial charge in [-0.15, -0.1) is 0 Å². The average Bonchev–Trinajstić information content (AvgIpc) is 3.34. The third kappa shape index (κ3) is 5.97. The summed E-state index contributed by atoms with van der Waals surface area (Å²) in [6, 6.07) is 10.6. The highest BCUT2D eigenvalue weighted by atomic mass is 19.4. The van der Waals surface area contributed by atoms with Crippen molar-refractivity contribution < 1.29 is 46.7 Å². The fourth-order valence-corrected chi connectivity index (χ4v) is 4.01. The SMILES string of the molecule is COC(=O)Nc1ccc(-c2cc3c(C(=O)Nc4ccc(C#N)cc4C(=O)O)noc3cc2NC(C)=O)c(C(F)(F)F)c1. The van der Waals surface area contributed by atoms with Gasteiger partial charge in [0, 0.05) is 24.2 Å². The fourth-order valence-electron chi connectivity index (χ4n) is 4.01. The Hall–Kier alpha value is -5.91. The van der Waals surface area contributed by atoms with E-state index >= 15 is 0 Å². The van der Waals surface area contributed by atoms with Crippen molar-refractivity contribution in [3.63, 3.8) is 0 Å². The molecule has 3 amide bonds. The molecule has 0 aliphatic carbocycles. The van der Waals surface area contributed by atoms with Crippen molar-refractivity contribution in [3.8, 4) is 17.2 Å². The van der Waals surface area contributed by atoms with E-state index in [2.05, 4.69) is 25.8 Å². The first-order chi connectivity index (χ1) is 19.8. The van der Waals surface area contributed by atoms with Crippen LogP contribution in [0, 0.1) is 11.3 Å². The summed E-state index contributed by atoms with van der Waals surface area (Å²) in [7, 11) is 1.04. The molecule has 12 nitrogen and oxygen atoms in total. The second-order valence-corrected chi connectivity index (χ2v) is 8.61. The van der Waals surface area contributed by atoms with Gasteiger partial charge in [0.25, 0.3) is 5.91 Å². The molecular formula is C27H18F3N5O7. The average molecular weight is 581 g/mol. The lowest BCUT2D eigenvalue weighted by Gasteiger charge is -2.18. The number of hydrogen-bond donors (Lipinski definition) is 4. The van der Waals surface area contributed by atoms with Gasteiger partial charge in [0.1, 0.15) is 0 Å². The van der Waals surface area contributed by atoms with Crippen LogP contribution >= 0.6 is 0 Å². The summed E-state index contributed by atoms with van der Waals surface area (Å²) in [5.41, 5.74) is -3.12. The van der Waals surface area contributed by atoms with E-state index in [0.29, 0.717) is 6.07 Å². The van der Waals surface area contributed by atoms with E-state index in [9.17, 15) is 37.5 Å². The zero-order valence-electron chi connectivity index (χ0n) is 21.5. The van der Waals surface area contributed by atoms with Crippen molar-refractivity contribution in [3.05, 3.63) is 70.9 Å². The molecule has 0 saturated heterocycles. The van der Waals surface area contributed by atoms with Crippen LogP contribution in [-0.4, -0.2) is 41.2 Å². The number of ether oxygens (including phenoxy) is 1. The summed E-state index contributed by atoms with van der Waals surface area (Å²) in [4.78, 5) is 48.2. The number of aromatic nitrogens is 1. The van der Waals surface area contributed by atoms with Crippen molar-refractivity contribution in [2.45, 2.75) is 13.1 Å². The first-order valence-electron chi connectivity index (χ1n) is 11.7. The number of carboxylic acid groups (broad SMARTS) is 1. The molecule has 42 heavy (non-hydrogen) atoms. The van der Waals surface area contributed by atoms with Gasteiger partial charge >= 0.3 is 18.2 Å². The molecule has 3 aromatic carbocycles. The van der Waals surface area contributed by atoms with Gasteiger partial charge in [-0.05, 0) is 42.0 Å². The number of methoxy groups -OCH3 is 1. The van der Waals surface area contributed by atoms with Gasteiger partial charge in [-0.25, -0.2) is 9.59 Å². The van der Waals surface area contributed by atoms with Gasteiger partial charge in [0.05, 0.1) is 46.6 Å². The van der Waals surface area contributed by atoms with Crippen LogP contribution in [0.2, 0.25) is 0 Å². The Balaban J connectivity index is 1.87. The molecule has 214 valence electrons. The zero-order chi connectivity index (χ0) is 30.8. The molecule has 0 bridgehead atoms. The van der Waals surface area contributed by atoms with Crippen LogP contribution in [0.25, 0.3) is 22.1 Å². The van der Waals surface area contributed by atoms with Gasteiger partial charge in [-0.1, -0.05) is 11.2 Å². The number of amides is 3. The molecule has 4 rings (SSSR count). The second kappa shape index (κ2) is 11.3. The number of carbonyl (C=O) groups excluding carboxylic acids is 3. The Morgan fingerprint density at radius 3 is 2.33 bits per heavy atom. The number of fused-ring (bicyclic) bond motifs is 1. The first kappa shape index (κ1) is 29.1. The quantitative estimate of drug-likeness (QED) is 0.229. The molecule has 0 atom stereocenters. The number of nitrogens with zero attached hydrogens (tertiary/aromatic N) is 2. The minimum atomic E-state index is -4.93. The molecule has 0 spiro atoms. The van der Waals surface area contributed by atoms with Gasteiger partial charge in [-0.2, -0.15) is 18.4 Å². The van der Waals surface area contributed by atoms with E-state index in [4.69, 9.17) is 9.78 Å². The fraction of sp³-hybridized carbons (Fsp3) is 0.111. The first-order valence-corrected chi connectivity index (χ1v) is 11.7. The van der Waals surface area contributed by atoms with Gasteiger partial charge in [0.15, 0.2) is 11.3 Å².